The maximum absolute atomic E-state index is 5.68. The molecular formula is C11H14N2S2. The van der Waals surface area contributed by atoms with Crippen LogP contribution in [-0.2, 0) is 0 Å². The monoisotopic (exact) mass is 238 g/mol. The molecule has 2 aromatic rings. The number of nitrogens with two attached hydrogens (primary N) is 1. The predicted molar refractivity (Wildman–Crippen MR) is 68.6 cm³/mol. The third-order valence-electron chi connectivity index (χ3n) is 2.26. The van der Waals surface area contributed by atoms with Gasteiger partial charge >= 0.3 is 0 Å². The Labute approximate surface area is 97.9 Å². The van der Waals surface area contributed by atoms with Crippen molar-refractivity contribution in [3.8, 4) is 0 Å². The van der Waals surface area contributed by atoms with Crippen LogP contribution in [0.3, 0.4) is 0 Å². The van der Waals surface area contributed by atoms with Crippen molar-refractivity contribution in [3.63, 3.8) is 0 Å². The van der Waals surface area contributed by atoms with Crippen LogP contribution in [0.2, 0.25) is 0 Å². The van der Waals surface area contributed by atoms with Crippen LogP contribution >= 0.6 is 23.1 Å². The molecule has 1 heterocycles. The smallest absolute Gasteiger partial charge is 0.151 e. The number of nitrogens with zero attached hydrogens (tertiary/aromatic N) is 1. The molecule has 15 heavy (non-hydrogen) atoms. The zero-order valence-electron chi connectivity index (χ0n) is 8.64. The van der Waals surface area contributed by atoms with E-state index in [0.29, 0.717) is 5.25 Å². The van der Waals surface area contributed by atoms with E-state index < -0.39 is 0 Å². The van der Waals surface area contributed by atoms with Crippen LogP contribution in [0, 0.1) is 0 Å². The fourth-order valence-electron chi connectivity index (χ4n) is 1.34. The molecule has 0 amide bonds. The molecule has 0 bridgehead atoms. The van der Waals surface area contributed by atoms with Gasteiger partial charge in [-0.05, 0) is 18.6 Å². The summed E-state index contributed by atoms with van der Waals surface area (Å²) in [5, 5.41) is 0.491. The highest BCUT2D eigenvalue weighted by atomic mass is 32.2. The van der Waals surface area contributed by atoms with Crippen LogP contribution in [0.25, 0.3) is 10.2 Å². The summed E-state index contributed by atoms with van der Waals surface area (Å²) in [4.78, 5) is 4.57. The van der Waals surface area contributed by atoms with Crippen molar-refractivity contribution in [1.29, 1.82) is 0 Å². The van der Waals surface area contributed by atoms with Gasteiger partial charge in [0.25, 0.3) is 0 Å². The van der Waals surface area contributed by atoms with Gasteiger partial charge < -0.3 is 5.73 Å². The standard InChI is InChI=1S/C11H14N2S2/c1-2-8(7-12)14-11-13-9-5-3-4-6-10(9)15-11/h3-6,8H,2,7,12H2,1H3. The molecule has 1 aromatic heterocycles. The van der Waals surface area contributed by atoms with Gasteiger partial charge in [0.1, 0.15) is 0 Å². The predicted octanol–water partition coefficient (Wildman–Crippen LogP) is 3.13. The van der Waals surface area contributed by atoms with Crippen LogP contribution in [0.15, 0.2) is 28.6 Å². The van der Waals surface area contributed by atoms with Gasteiger partial charge in [0, 0.05) is 11.8 Å². The summed E-state index contributed by atoms with van der Waals surface area (Å²) >= 11 is 3.55. The number of aromatic nitrogens is 1. The highest BCUT2D eigenvalue weighted by Gasteiger charge is 2.09. The highest BCUT2D eigenvalue weighted by molar-refractivity contribution is 8.01. The summed E-state index contributed by atoms with van der Waals surface area (Å²) in [7, 11) is 0. The van der Waals surface area contributed by atoms with Gasteiger partial charge in [0.2, 0.25) is 0 Å². The molecule has 2 nitrogen and oxygen atoms in total. The van der Waals surface area contributed by atoms with Gasteiger partial charge in [-0.1, -0.05) is 30.8 Å². The second-order valence-electron chi connectivity index (χ2n) is 3.33. The maximum Gasteiger partial charge on any atom is 0.151 e. The summed E-state index contributed by atoms with van der Waals surface area (Å²) in [5.74, 6) is 0. The topological polar surface area (TPSA) is 38.9 Å². The van der Waals surface area contributed by atoms with Crippen molar-refractivity contribution in [3.05, 3.63) is 24.3 Å². The van der Waals surface area contributed by atoms with Gasteiger partial charge in [0.05, 0.1) is 10.2 Å². The van der Waals surface area contributed by atoms with E-state index in [2.05, 4.69) is 30.1 Å². The maximum atomic E-state index is 5.68. The van der Waals surface area contributed by atoms with E-state index in [1.165, 1.54) is 4.70 Å². The molecule has 1 aromatic carbocycles. The lowest BCUT2D eigenvalue weighted by Crippen LogP contribution is -2.15. The first-order valence-corrected chi connectivity index (χ1v) is 6.75. The zero-order valence-corrected chi connectivity index (χ0v) is 10.3. The molecule has 0 fully saturated rings. The molecule has 0 spiro atoms. The third kappa shape index (κ3) is 2.51. The lowest BCUT2D eigenvalue weighted by Gasteiger charge is -2.07. The van der Waals surface area contributed by atoms with Gasteiger partial charge in [0.15, 0.2) is 4.34 Å². The first-order valence-electron chi connectivity index (χ1n) is 5.05. The Morgan fingerprint density at radius 3 is 2.93 bits per heavy atom. The second kappa shape index (κ2) is 4.96. The Hall–Kier alpha value is -0.580. The Kier molecular flexibility index (Phi) is 3.61. The van der Waals surface area contributed by atoms with Crippen molar-refractivity contribution in [2.75, 3.05) is 6.54 Å². The average Bonchev–Trinajstić information content (AvgIpc) is 2.68. The molecular weight excluding hydrogens is 224 g/mol. The first kappa shape index (κ1) is 10.9. The summed E-state index contributed by atoms with van der Waals surface area (Å²) in [6, 6.07) is 8.24. The quantitative estimate of drug-likeness (QED) is 0.832. The van der Waals surface area contributed by atoms with E-state index in [0.717, 1.165) is 22.8 Å². The third-order valence-corrected chi connectivity index (χ3v) is 4.78. The van der Waals surface area contributed by atoms with Crippen LogP contribution in [0.1, 0.15) is 13.3 Å². The normalized spacial score (nSPS) is 13.2. The Morgan fingerprint density at radius 2 is 2.27 bits per heavy atom. The second-order valence-corrected chi connectivity index (χ2v) is 5.91. The lowest BCUT2D eigenvalue weighted by atomic mass is 10.3. The average molecular weight is 238 g/mol. The van der Waals surface area contributed by atoms with E-state index >= 15 is 0 Å². The Balaban J connectivity index is 2.21. The molecule has 1 atom stereocenters. The van der Waals surface area contributed by atoms with Crippen LogP contribution in [0.4, 0.5) is 0 Å². The van der Waals surface area contributed by atoms with Crippen LogP contribution < -0.4 is 5.73 Å². The molecule has 1 unspecified atom stereocenters. The number of rotatable bonds is 4. The van der Waals surface area contributed by atoms with Crippen molar-refractivity contribution in [1.82, 2.24) is 4.98 Å². The fraction of sp³-hybridized carbons (Fsp3) is 0.364. The number of benzene rings is 1. The van der Waals surface area contributed by atoms with Crippen molar-refractivity contribution in [2.45, 2.75) is 22.9 Å². The van der Waals surface area contributed by atoms with Crippen LogP contribution in [-0.4, -0.2) is 16.8 Å². The molecule has 0 aliphatic carbocycles. The SMILES string of the molecule is CCC(CN)Sc1nc2ccccc2s1. The van der Waals surface area contributed by atoms with Crippen molar-refractivity contribution >= 4 is 33.3 Å². The number of thioether (sulfide) groups is 1. The summed E-state index contributed by atoms with van der Waals surface area (Å²) < 4.78 is 2.39. The summed E-state index contributed by atoms with van der Waals surface area (Å²) in [5.41, 5.74) is 6.78. The van der Waals surface area contributed by atoms with Crippen LogP contribution in [0.5, 0.6) is 0 Å². The van der Waals surface area contributed by atoms with E-state index in [9.17, 15) is 0 Å². The highest BCUT2D eigenvalue weighted by Crippen LogP contribution is 2.32. The van der Waals surface area contributed by atoms with E-state index in [1.54, 1.807) is 23.1 Å². The molecule has 0 saturated heterocycles. The molecule has 4 heteroatoms. The fourth-order valence-corrected chi connectivity index (χ4v) is 3.61. The minimum absolute atomic E-state index is 0.491. The van der Waals surface area contributed by atoms with Gasteiger partial charge in [-0.2, -0.15) is 0 Å². The van der Waals surface area contributed by atoms with Gasteiger partial charge in [-0.25, -0.2) is 4.98 Å². The molecule has 0 radical (unpaired) electrons. The number of para-hydroxylation sites is 1. The number of thiazole rings is 1. The van der Waals surface area contributed by atoms with Crippen molar-refractivity contribution in [2.24, 2.45) is 5.73 Å². The number of hydrogen-bond donors (Lipinski definition) is 1. The summed E-state index contributed by atoms with van der Waals surface area (Å²) in [6.07, 6.45) is 1.09. The number of fused-ring (bicyclic) bond motifs is 1. The molecule has 2 rings (SSSR count). The molecule has 2 N–H and O–H groups in total. The largest absolute Gasteiger partial charge is 0.329 e. The molecule has 0 aliphatic rings. The summed E-state index contributed by atoms with van der Waals surface area (Å²) in [6.45, 7) is 2.88. The minimum atomic E-state index is 0.491. The van der Waals surface area contributed by atoms with E-state index in [4.69, 9.17) is 5.73 Å². The Morgan fingerprint density at radius 1 is 1.47 bits per heavy atom. The first-order chi connectivity index (χ1) is 7.33. The number of hydrogen-bond acceptors (Lipinski definition) is 4. The van der Waals surface area contributed by atoms with E-state index in [1.807, 2.05) is 6.07 Å². The van der Waals surface area contributed by atoms with Gasteiger partial charge in [-0.15, -0.1) is 11.3 Å². The Bertz CT molecular complexity index is 402. The minimum Gasteiger partial charge on any atom is -0.329 e. The molecule has 0 saturated carbocycles. The van der Waals surface area contributed by atoms with Crippen molar-refractivity contribution < 1.29 is 0 Å². The van der Waals surface area contributed by atoms with Gasteiger partial charge in [-0.3, -0.25) is 0 Å². The lowest BCUT2D eigenvalue weighted by molar-refractivity contribution is 0.826. The molecule has 80 valence electrons. The zero-order chi connectivity index (χ0) is 10.7. The van der Waals surface area contributed by atoms with E-state index in [-0.39, 0.29) is 0 Å². The molecule has 0 aliphatic heterocycles.